The summed E-state index contributed by atoms with van der Waals surface area (Å²) in [6, 6.07) is 12.1. The summed E-state index contributed by atoms with van der Waals surface area (Å²) >= 11 is 0. The monoisotopic (exact) mass is 381 g/mol. The maximum atomic E-state index is 13.5. The van der Waals surface area contributed by atoms with E-state index in [0.29, 0.717) is 16.8 Å². The molecule has 1 heterocycles. The van der Waals surface area contributed by atoms with Crippen molar-refractivity contribution in [3.05, 3.63) is 82.9 Å². The number of nitrogens with one attached hydrogen (secondary N) is 1. The Bertz CT molecular complexity index is 1030. The van der Waals surface area contributed by atoms with Gasteiger partial charge in [0, 0.05) is 16.8 Å². The van der Waals surface area contributed by atoms with Crippen LogP contribution in [0.15, 0.2) is 54.7 Å². The van der Waals surface area contributed by atoms with Crippen LogP contribution in [0.3, 0.4) is 0 Å². The van der Waals surface area contributed by atoms with E-state index in [2.05, 4.69) is 15.2 Å². The Morgan fingerprint density at radius 2 is 1.86 bits per heavy atom. The second-order valence-electron chi connectivity index (χ2n) is 6.34. The van der Waals surface area contributed by atoms with Gasteiger partial charge in [-0.05, 0) is 50.2 Å². The zero-order valence-electron chi connectivity index (χ0n) is 15.8. The van der Waals surface area contributed by atoms with Crippen LogP contribution in [0.25, 0.3) is 5.69 Å². The van der Waals surface area contributed by atoms with Crippen molar-refractivity contribution in [2.24, 2.45) is 0 Å². The highest BCUT2D eigenvalue weighted by molar-refractivity contribution is 5.98. The molecule has 144 valence electrons. The molecule has 1 atom stereocenters. The number of halogens is 1. The zero-order valence-corrected chi connectivity index (χ0v) is 15.8. The lowest BCUT2D eigenvalue weighted by Crippen LogP contribution is -2.27. The quantitative estimate of drug-likeness (QED) is 0.686. The topological polar surface area (TPSA) is 73.2 Å². The number of amides is 1. The Labute approximate surface area is 161 Å². The number of hydrogen-bond donors (Lipinski definition) is 1. The number of carbonyl (C=O) groups excluding carboxylic acids is 2. The Hall–Kier alpha value is -3.48. The molecule has 1 amide bonds. The molecule has 6 nitrogen and oxygen atoms in total. The van der Waals surface area contributed by atoms with Crippen molar-refractivity contribution < 1.29 is 18.7 Å². The molecule has 3 aromatic rings. The number of hydrogen-bond acceptors (Lipinski definition) is 4. The maximum Gasteiger partial charge on any atom is 0.337 e. The minimum atomic E-state index is -0.505. The summed E-state index contributed by atoms with van der Waals surface area (Å²) in [7, 11) is 1.29. The molecule has 0 saturated heterocycles. The fourth-order valence-corrected chi connectivity index (χ4v) is 2.98. The molecule has 7 heteroatoms. The van der Waals surface area contributed by atoms with Crippen molar-refractivity contribution in [2.45, 2.75) is 19.9 Å². The van der Waals surface area contributed by atoms with Crippen molar-refractivity contribution in [2.75, 3.05) is 7.11 Å². The minimum absolute atomic E-state index is 0.304. The lowest BCUT2D eigenvalue weighted by molar-refractivity contribution is 0.0600. The third kappa shape index (κ3) is 3.93. The van der Waals surface area contributed by atoms with E-state index in [1.165, 1.54) is 25.3 Å². The second kappa shape index (κ2) is 8.04. The lowest BCUT2D eigenvalue weighted by Gasteiger charge is -2.14. The summed E-state index contributed by atoms with van der Waals surface area (Å²) in [5, 5.41) is 7.21. The molecule has 3 rings (SSSR count). The summed E-state index contributed by atoms with van der Waals surface area (Å²) in [5.41, 5.74) is 2.86. The fourth-order valence-electron chi connectivity index (χ4n) is 2.98. The normalized spacial score (nSPS) is 11.7. The molecule has 0 aliphatic carbocycles. The molecule has 1 aromatic heterocycles. The van der Waals surface area contributed by atoms with Gasteiger partial charge in [-0.3, -0.25) is 4.79 Å². The third-order valence-corrected chi connectivity index (χ3v) is 4.46. The van der Waals surface area contributed by atoms with Crippen molar-refractivity contribution in [1.29, 1.82) is 0 Å². The summed E-state index contributed by atoms with van der Waals surface area (Å²) < 4.78 is 19.8. The fraction of sp³-hybridized carbons (Fsp3) is 0.190. The highest BCUT2D eigenvalue weighted by Crippen LogP contribution is 2.21. The number of carbonyl (C=O) groups is 2. The molecular weight excluding hydrogens is 361 g/mol. The van der Waals surface area contributed by atoms with Crippen LogP contribution >= 0.6 is 0 Å². The van der Waals surface area contributed by atoms with E-state index >= 15 is 0 Å². The van der Waals surface area contributed by atoms with E-state index in [4.69, 9.17) is 0 Å². The first-order valence-electron chi connectivity index (χ1n) is 8.70. The molecule has 28 heavy (non-hydrogen) atoms. The van der Waals surface area contributed by atoms with E-state index in [-0.39, 0.29) is 17.8 Å². The largest absolute Gasteiger partial charge is 0.465 e. The van der Waals surface area contributed by atoms with Gasteiger partial charge in [-0.25, -0.2) is 13.9 Å². The summed E-state index contributed by atoms with van der Waals surface area (Å²) in [5.74, 6) is -1.17. The predicted octanol–water partition coefficient (Wildman–Crippen LogP) is 3.60. The molecule has 0 aliphatic heterocycles. The van der Waals surface area contributed by atoms with E-state index in [1.807, 2.05) is 13.8 Å². The maximum absolute atomic E-state index is 13.5. The van der Waals surface area contributed by atoms with Crippen molar-refractivity contribution in [3.63, 3.8) is 0 Å². The molecule has 0 saturated carbocycles. The Balaban J connectivity index is 1.79. The molecule has 0 fully saturated rings. The SMILES string of the molecule is COC(=O)c1cccc(C(=O)N[C@@H](C)c2cnn(-c3cccc(F)c3)c2C)c1. The lowest BCUT2D eigenvalue weighted by atomic mass is 10.1. The number of rotatable bonds is 5. The molecule has 1 N–H and O–H groups in total. The predicted molar refractivity (Wildman–Crippen MR) is 102 cm³/mol. The molecule has 0 bridgehead atoms. The summed E-state index contributed by atoms with van der Waals surface area (Å²) in [6.45, 7) is 3.69. The van der Waals surface area contributed by atoms with Gasteiger partial charge in [0.1, 0.15) is 5.82 Å². The van der Waals surface area contributed by atoms with Gasteiger partial charge in [0.25, 0.3) is 5.91 Å². The van der Waals surface area contributed by atoms with Gasteiger partial charge in [-0.15, -0.1) is 0 Å². The molecular formula is C21H20FN3O3. The van der Waals surface area contributed by atoms with Gasteiger partial charge in [0.2, 0.25) is 0 Å². The van der Waals surface area contributed by atoms with E-state index in [1.54, 1.807) is 41.2 Å². The van der Waals surface area contributed by atoms with Crippen LogP contribution in [0.4, 0.5) is 4.39 Å². The van der Waals surface area contributed by atoms with Crippen molar-refractivity contribution >= 4 is 11.9 Å². The Kier molecular flexibility index (Phi) is 5.54. The van der Waals surface area contributed by atoms with E-state index in [9.17, 15) is 14.0 Å². The van der Waals surface area contributed by atoms with Crippen LogP contribution in [0.2, 0.25) is 0 Å². The van der Waals surface area contributed by atoms with Crippen LogP contribution in [-0.4, -0.2) is 28.8 Å². The van der Waals surface area contributed by atoms with Crippen molar-refractivity contribution in [1.82, 2.24) is 15.1 Å². The van der Waals surface area contributed by atoms with Crippen LogP contribution < -0.4 is 5.32 Å². The molecule has 0 unspecified atom stereocenters. The first-order valence-corrected chi connectivity index (χ1v) is 8.70. The highest BCUT2D eigenvalue weighted by Gasteiger charge is 2.18. The molecule has 2 aromatic carbocycles. The number of esters is 1. The number of methoxy groups -OCH3 is 1. The number of nitrogens with zero attached hydrogens (tertiary/aromatic N) is 2. The number of ether oxygens (including phenoxy) is 1. The van der Waals surface area contributed by atoms with Gasteiger partial charge in [-0.1, -0.05) is 12.1 Å². The van der Waals surface area contributed by atoms with E-state index in [0.717, 1.165) is 11.3 Å². The Morgan fingerprint density at radius 1 is 1.14 bits per heavy atom. The second-order valence-corrected chi connectivity index (χ2v) is 6.34. The smallest absolute Gasteiger partial charge is 0.337 e. The zero-order chi connectivity index (χ0) is 20.3. The summed E-state index contributed by atoms with van der Waals surface area (Å²) in [4.78, 5) is 24.2. The molecule has 0 spiro atoms. The minimum Gasteiger partial charge on any atom is -0.465 e. The van der Waals surface area contributed by atoms with Gasteiger partial charge in [-0.2, -0.15) is 5.10 Å². The van der Waals surface area contributed by atoms with Gasteiger partial charge in [0.05, 0.1) is 30.6 Å². The molecule has 0 aliphatic rings. The van der Waals surface area contributed by atoms with E-state index < -0.39 is 5.97 Å². The first kappa shape index (κ1) is 19.3. The van der Waals surface area contributed by atoms with Crippen molar-refractivity contribution in [3.8, 4) is 5.69 Å². The Morgan fingerprint density at radius 3 is 2.57 bits per heavy atom. The van der Waals surface area contributed by atoms with Crippen LogP contribution in [0, 0.1) is 12.7 Å². The van der Waals surface area contributed by atoms with Crippen LogP contribution in [0.1, 0.15) is 44.9 Å². The van der Waals surface area contributed by atoms with Crippen LogP contribution in [0.5, 0.6) is 0 Å². The average molecular weight is 381 g/mol. The average Bonchev–Trinajstić information content (AvgIpc) is 3.09. The third-order valence-electron chi connectivity index (χ3n) is 4.46. The van der Waals surface area contributed by atoms with Crippen LogP contribution in [-0.2, 0) is 4.74 Å². The first-order chi connectivity index (χ1) is 13.4. The highest BCUT2D eigenvalue weighted by atomic mass is 19.1. The molecule has 0 radical (unpaired) electrons. The van der Waals surface area contributed by atoms with Gasteiger partial charge < -0.3 is 10.1 Å². The number of benzene rings is 2. The summed E-state index contributed by atoms with van der Waals surface area (Å²) in [6.07, 6.45) is 1.65. The van der Waals surface area contributed by atoms with Gasteiger partial charge >= 0.3 is 5.97 Å². The number of aromatic nitrogens is 2. The standard InChI is InChI=1S/C21H20FN3O3/c1-13(24-20(26)15-6-4-7-16(10-15)21(27)28-3)19-12-23-25(14(19)2)18-9-5-8-17(22)11-18/h4-13H,1-3H3,(H,24,26)/t13-/m0/s1. The van der Waals surface area contributed by atoms with Gasteiger partial charge in [0.15, 0.2) is 0 Å².